The van der Waals surface area contributed by atoms with Crippen LogP contribution >= 0.6 is 0 Å². The van der Waals surface area contributed by atoms with Crippen LogP contribution in [0.25, 0.3) is 0 Å². The molecule has 92 valence electrons. The van der Waals surface area contributed by atoms with Crippen LogP contribution in [0.2, 0.25) is 0 Å². The Kier molecular flexibility index (Phi) is 3.66. The Balaban J connectivity index is 1.90. The van der Waals surface area contributed by atoms with E-state index in [2.05, 4.69) is 22.6 Å². The van der Waals surface area contributed by atoms with Gasteiger partial charge in [-0.3, -0.25) is 0 Å². The minimum atomic E-state index is 0.121. The molecule has 0 aromatic heterocycles. The highest BCUT2D eigenvalue weighted by Gasteiger charge is 2.31. The maximum atomic E-state index is 12.0. The number of urea groups is 1. The lowest BCUT2D eigenvalue weighted by atomic mass is 10.2. The molecule has 0 radical (unpaired) electrons. The van der Waals surface area contributed by atoms with Crippen LogP contribution in [-0.2, 0) is 0 Å². The number of nitrogens with zero attached hydrogens (tertiary/aromatic N) is 2. The van der Waals surface area contributed by atoms with E-state index < -0.39 is 0 Å². The van der Waals surface area contributed by atoms with Gasteiger partial charge in [-0.25, -0.2) is 4.79 Å². The van der Waals surface area contributed by atoms with Crippen molar-refractivity contribution in [3.63, 3.8) is 0 Å². The quantitative estimate of drug-likeness (QED) is 0.694. The second kappa shape index (κ2) is 5.01. The van der Waals surface area contributed by atoms with Gasteiger partial charge in [0.2, 0.25) is 0 Å². The molecule has 2 aliphatic rings. The van der Waals surface area contributed by atoms with E-state index in [1.807, 2.05) is 11.9 Å². The molecule has 2 amide bonds. The van der Waals surface area contributed by atoms with Gasteiger partial charge < -0.3 is 20.4 Å². The summed E-state index contributed by atoms with van der Waals surface area (Å²) in [6.45, 7) is 3.63. The summed E-state index contributed by atoms with van der Waals surface area (Å²) in [5.74, 6) is 0. The lowest BCUT2D eigenvalue weighted by Gasteiger charge is -2.40. The maximum absolute atomic E-state index is 12.0. The third-order valence-electron chi connectivity index (χ3n) is 3.29. The second-order valence-corrected chi connectivity index (χ2v) is 4.89. The van der Waals surface area contributed by atoms with Crippen molar-refractivity contribution in [1.82, 2.24) is 20.4 Å². The SMILES string of the molecule is CNCC1CN(C)CCN1C(=O)NC1CC1. The molecule has 5 nitrogen and oxygen atoms in total. The minimum absolute atomic E-state index is 0.121. The van der Waals surface area contributed by atoms with Crippen LogP contribution in [0.5, 0.6) is 0 Å². The zero-order valence-electron chi connectivity index (χ0n) is 10.2. The number of hydrogen-bond acceptors (Lipinski definition) is 3. The van der Waals surface area contributed by atoms with E-state index in [0.717, 1.165) is 39.0 Å². The predicted molar refractivity (Wildman–Crippen MR) is 63.5 cm³/mol. The minimum Gasteiger partial charge on any atom is -0.335 e. The van der Waals surface area contributed by atoms with Gasteiger partial charge in [-0.05, 0) is 26.9 Å². The van der Waals surface area contributed by atoms with Gasteiger partial charge in [-0.15, -0.1) is 0 Å². The van der Waals surface area contributed by atoms with Gasteiger partial charge in [0.15, 0.2) is 0 Å². The fourth-order valence-electron chi connectivity index (χ4n) is 2.17. The topological polar surface area (TPSA) is 47.6 Å². The Morgan fingerprint density at radius 1 is 1.38 bits per heavy atom. The molecule has 1 unspecified atom stereocenters. The molecule has 1 aliphatic heterocycles. The maximum Gasteiger partial charge on any atom is 0.317 e. The highest BCUT2D eigenvalue weighted by Crippen LogP contribution is 2.19. The molecule has 0 aromatic carbocycles. The molecule has 1 heterocycles. The molecule has 1 aliphatic carbocycles. The van der Waals surface area contributed by atoms with Crippen molar-refractivity contribution in [3.05, 3.63) is 0 Å². The standard InChI is InChI=1S/C11H22N4O/c1-12-7-10-8-14(2)5-6-15(10)11(16)13-9-3-4-9/h9-10,12H,3-8H2,1-2H3,(H,13,16). The highest BCUT2D eigenvalue weighted by atomic mass is 16.2. The number of carbonyl (C=O) groups excluding carboxylic acids is 1. The highest BCUT2D eigenvalue weighted by molar-refractivity contribution is 5.75. The number of amides is 2. The lowest BCUT2D eigenvalue weighted by Crippen LogP contribution is -2.59. The fraction of sp³-hybridized carbons (Fsp3) is 0.909. The van der Waals surface area contributed by atoms with Crippen molar-refractivity contribution in [2.45, 2.75) is 24.9 Å². The van der Waals surface area contributed by atoms with Crippen molar-refractivity contribution in [3.8, 4) is 0 Å². The van der Waals surface area contributed by atoms with Crippen LogP contribution in [0, 0.1) is 0 Å². The number of likely N-dealkylation sites (N-methyl/N-ethyl adjacent to an activating group) is 2. The first-order chi connectivity index (χ1) is 7.70. The average molecular weight is 226 g/mol. The molecular weight excluding hydrogens is 204 g/mol. The third kappa shape index (κ3) is 2.86. The zero-order valence-corrected chi connectivity index (χ0v) is 10.2. The van der Waals surface area contributed by atoms with E-state index in [-0.39, 0.29) is 6.03 Å². The first-order valence-corrected chi connectivity index (χ1v) is 6.11. The summed E-state index contributed by atoms with van der Waals surface area (Å²) in [6, 6.07) is 0.862. The van der Waals surface area contributed by atoms with Crippen LogP contribution in [0.1, 0.15) is 12.8 Å². The monoisotopic (exact) mass is 226 g/mol. The van der Waals surface area contributed by atoms with Gasteiger partial charge in [0.1, 0.15) is 0 Å². The molecule has 1 saturated heterocycles. The van der Waals surface area contributed by atoms with Crippen molar-refractivity contribution < 1.29 is 4.79 Å². The number of piperazine rings is 1. The Bertz CT molecular complexity index is 254. The van der Waals surface area contributed by atoms with Crippen LogP contribution in [0.3, 0.4) is 0 Å². The van der Waals surface area contributed by atoms with Gasteiger partial charge in [0.05, 0.1) is 6.04 Å². The van der Waals surface area contributed by atoms with Crippen LogP contribution in [0.15, 0.2) is 0 Å². The Morgan fingerprint density at radius 3 is 2.75 bits per heavy atom. The normalized spacial score (nSPS) is 26.9. The average Bonchev–Trinajstić information content (AvgIpc) is 3.02. The number of rotatable bonds is 3. The van der Waals surface area contributed by atoms with Crippen molar-refractivity contribution in [2.75, 3.05) is 40.3 Å². The van der Waals surface area contributed by atoms with Crippen molar-refractivity contribution >= 4 is 6.03 Å². The first kappa shape index (κ1) is 11.7. The largest absolute Gasteiger partial charge is 0.335 e. The lowest BCUT2D eigenvalue weighted by molar-refractivity contribution is 0.108. The summed E-state index contributed by atoms with van der Waals surface area (Å²) in [5.41, 5.74) is 0. The molecule has 0 aromatic rings. The first-order valence-electron chi connectivity index (χ1n) is 6.11. The molecule has 0 spiro atoms. The van der Waals surface area contributed by atoms with E-state index in [9.17, 15) is 4.79 Å². The Labute approximate surface area is 97.2 Å². The smallest absolute Gasteiger partial charge is 0.317 e. The molecule has 16 heavy (non-hydrogen) atoms. The second-order valence-electron chi connectivity index (χ2n) is 4.89. The van der Waals surface area contributed by atoms with E-state index in [1.54, 1.807) is 0 Å². The summed E-state index contributed by atoms with van der Waals surface area (Å²) in [6.07, 6.45) is 2.30. The van der Waals surface area contributed by atoms with Gasteiger partial charge in [-0.1, -0.05) is 0 Å². The molecule has 1 saturated carbocycles. The van der Waals surface area contributed by atoms with E-state index in [0.29, 0.717) is 12.1 Å². The van der Waals surface area contributed by atoms with Crippen LogP contribution in [-0.4, -0.2) is 68.2 Å². The third-order valence-corrected chi connectivity index (χ3v) is 3.29. The molecule has 5 heteroatoms. The molecule has 2 rings (SSSR count). The summed E-state index contributed by atoms with van der Waals surface area (Å²) >= 11 is 0. The summed E-state index contributed by atoms with van der Waals surface area (Å²) in [7, 11) is 4.05. The van der Waals surface area contributed by atoms with Crippen molar-refractivity contribution in [1.29, 1.82) is 0 Å². The summed E-state index contributed by atoms with van der Waals surface area (Å²) in [5, 5.41) is 6.23. The Hall–Kier alpha value is -0.810. The number of hydrogen-bond donors (Lipinski definition) is 2. The predicted octanol–water partition coefficient (Wildman–Crippen LogP) is -0.306. The molecule has 2 N–H and O–H groups in total. The molecular formula is C11H22N4O. The molecule has 1 atom stereocenters. The number of nitrogens with one attached hydrogen (secondary N) is 2. The Morgan fingerprint density at radius 2 is 2.12 bits per heavy atom. The van der Waals surface area contributed by atoms with Crippen molar-refractivity contribution in [2.24, 2.45) is 0 Å². The van der Waals surface area contributed by atoms with Crippen LogP contribution in [0.4, 0.5) is 4.79 Å². The van der Waals surface area contributed by atoms with E-state index >= 15 is 0 Å². The number of carbonyl (C=O) groups is 1. The fourth-order valence-corrected chi connectivity index (χ4v) is 2.17. The van der Waals surface area contributed by atoms with Gasteiger partial charge in [-0.2, -0.15) is 0 Å². The zero-order chi connectivity index (χ0) is 11.5. The summed E-state index contributed by atoms with van der Waals surface area (Å²) < 4.78 is 0. The summed E-state index contributed by atoms with van der Waals surface area (Å²) in [4.78, 5) is 16.3. The van der Waals surface area contributed by atoms with E-state index in [4.69, 9.17) is 0 Å². The van der Waals surface area contributed by atoms with Gasteiger partial charge >= 0.3 is 6.03 Å². The van der Waals surface area contributed by atoms with Crippen LogP contribution < -0.4 is 10.6 Å². The van der Waals surface area contributed by atoms with Gasteiger partial charge in [0, 0.05) is 32.2 Å². The van der Waals surface area contributed by atoms with Gasteiger partial charge in [0.25, 0.3) is 0 Å². The molecule has 2 fully saturated rings. The molecule has 0 bridgehead atoms. The van der Waals surface area contributed by atoms with E-state index in [1.165, 1.54) is 0 Å².